The first-order chi connectivity index (χ1) is 13.5. The minimum absolute atomic E-state index is 0.0835. The number of rotatable bonds is 6. The molecule has 1 aliphatic rings. The summed E-state index contributed by atoms with van der Waals surface area (Å²) in [6.07, 6.45) is 0. The third-order valence-electron chi connectivity index (χ3n) is 4.68. The molecule has 0 amide bonds. The van der Waals surface area contributed by atoms with Crippen molar-refractivity contribution in [3.05, 3.63) is 35.0 Å². The van der Waals surface area contributed by atoms with Gasteiger partial charge < -0.3 is 14.2 Å². The van der Waals surface area contributed by atoms with Crippen LogP contribution < -0.4 is 0 Å². The van der Waals surface area contributed by atoms with Gasteiger partial charge in [0.05, 0.1) is 19.3 Å². The molecule has 0 radical (unpaired) electrons. The van der Waals surface area contributed by atoms with Crippen molar-refractivity contribution in [2.24, 2.45) is 10.9 Å². The highest BCUT2D eigenvalue weighted by Gasteiger charge is 2.43. The van der Waals surface area contributed by atoms with E-state index in [1.807, 2.05) is 0 Å². The summed E-state index contributed by atoms with van der Waals surface area (Å²) in [6.45, 7) is 3.78. The van der Waals surface area contributed by atoms with Crippen LogP contribution in [0, 0.1) is 5.92 Å². The maximum Gasteiger partial charge on any atom is 0.336 e. The largest absolute Gasteiger partial charge is 0.468 e. The molecule has 9 nitrogen and oxygen atoms in total. The molecule has 2 aromatic rings. The Morgan fingerprint density at radius 1 is 1.14 bits per heavy atom. The number of methoxy groups -OCH3 is 2. The monoisotopic (exact) mass is 387 g/mol. The molecule has 148 valence electrons. The number of carbonyl (C=O) groups is 2. The van der Waals surface area contributed by atoms with E-state index in [0.29, 0.717) is 28.0 Å². The highest BCUT2D eigenvalue weighted by molar-refractivity contribution is 6.07. The smallest absolute Gasteiger partial charge is 0.336 e. The topological polar surface area (TPSA) is 113 Å². The Labute approximate surface area is 161 Å². The maximum absolute atomic E-state index is 12.9. The van der Waals surface area contributed by atoms with Gasteiger partial charge in [0.25, 0.3) is 0 Å². The number of nitrogens with zero attached hydrogens (tertiary/aromatic N) is 3. The molecule has 2 unspecified atom stereocenters. The number of esters is 2. The Bertz CT molecular complexity index is 961. The van der Waals surface area contributed by atoms with Crippen LogP contribution in [0.5, 0.6) is 0 Å². The van der Waals surface area contributed by atoms with Gasteiger partial charge in [-0.25, -0.2) is 9.42 Å². The number of fused-ring (bicyclic) bond motifs is 1. The molecule has 2 heterocycles. The zero-order valence-corrected chi connectivity index (χ0v) is 16.1. The standard InChI is InChI=1S/C19H21N3O6/c1-10-14(18(23)26-4)16(12-6-5-7-13-17(12)22-28-21-13)15(11(2)20-10)19(24)27-9-8-25-3/h5-7,14,16H,8-9H2,1-4H3. The Kier molecular flexibility index (Phi) is 5.84. The summed E-state index contributed by atoms with van der Waals surface area (Å²) < 4.78 is 20.1. The van der Waals surface area contributed by atoms with Crippen molar-refractivity contribution < 1.29 is 28.4 Å². The van der Waals surface area contributed by atoms with Gasteiger partial charge in [0.2, 0.25) is 0 Å². The van der Waals surface area contributed by atoms with Crippen LogP contribution in [-0.4, -0.2) is 55.4 Å². The molecule has 0 bridgehead atoms. The molecule has 2 atom stereocenters. The second-order valence-corrected chi connectivity index (χ2v) is 6.34. The van der Waals surface area contributed by atoms with E-state index in [-0.39, 0.29) is 18.8 Å². The van der Waals surface area contributed by atoms with Gasteiger partial charge in [0.1, 0.15) is 23.6 Å². The Morgan fingerprint density at radius 3 is 2.64 bits per heavy atom. The van der Waals surface area contributed by atoms with Crippen molar-refractivity contribution in [1.82, 2.24) is 10.3 Å². The van der Waals surface area contributed by atoms with Crippen LogP contribution in [0.1, 0.15) is 25.3 Å². The van der Waals surface area contributed by atoms with E-state index in [1.54, 1.807) is 32.0 Å². The van der Waals surface area contributed by atoms with Crippen LogP contribution in [0.4, 0.5) is 0 Å². The molecule has 0 aliphatic carbocycles. The second kappa shape index (κ2) is 8.30. The number of ether oxygens (including phenoxy) is 3. The van der Waals surface area contributed by atoms with E-state index in [9.17, 15) is 9.59 Å². The molecule has 1 aromatic heterocycles. The van der Waals surface area contributed by atoms with E-state index in [1.165, 1.54) is 14.2 Å². The Balaban J connectivity index is 2.16. The normalized spacial score (nSPS) is 19.5. The fraction of sp³-hybridized carbons (Fsp3) is 0.421. The van der Waals surface area contributed by atoms with E-state index < -0.39 is 23.8 Å². The summed E-state index contributed by atoms with van der Waals surface area (Å²) in [6, 6.07) is 5.28. The molecule has 1 aliphatic heterocycles. The summed E-state index contributed by atoms with van der Waals surface area (Å²) in [5.41, 5.74) is 2.88. The van der Waals surface area contributed by atoms with Crippen molar-refractivity contribution >= 4 is 28.7 Å². The quantitative estimate of drug-likeness (QED) is 0.546. The lowest BCUT2D eigenvalue weighted by Crippen LogP contribution is -2.36. The molecule has 0 saturated carbocycles. The summed E-state index contributed by atoms with van der Waals surface area (Å²) in [5.74, 6) is -2.58. The molecule has 0 saturated heterocycles. The fourth-order valence-electron chi connectivity index (χ4n) is 3.44. The molecule has 1 aromatic carbocycles. The number of aromatic nitrogens is 2. The van der Waals surface area contributed by atoms with Crippen LogP contribution in [0.25, 0.3) is 11.0 Å². The average molecular weight is 387 g/mol. The Morgan fingerprint density at radius 2 is 1.93 bits per heavy atom. The number of aliphatic imine (C=N–C) groups is 1. The van der Waals surface area contributed by atoms with E-state index in [0.717, 1.165) is 0 Å². The minimum atomic E-state index is -0.805. The number of allylic oxidation sites excluding steroid dienone is 1. The third-order valence-corrected chi connectivity index (χ3v) is 4.68. The van der Waals surface area contributed by atoms with E-state index >= 15 is 0 Å². The number of carbonyl (C=O) groups excluding carboxylic acids is 2. The van der Waals surface area contributed by atoms with Gasteiger partial charge in [-0.2, -0.15) is 0 Å². The van der Waals surface area contributed by atoms with Crippen LogP contribution in [0.3, 0.4) is 0 Å². The van der Waals surface area contributed by atoms with Crippen molar-refractivity contribution in [1.29, 1.82) is 0 Å². The van der Waals surface area contributed by atoms with E-state index in [2.05, 4.69) is 15.3 Å². The lowest BCUT2D eigenvalue weighted by molar-refractivity contribution is -0.144. The van der Waals surface area contributed by atoms with E-state index in [4.69, 9.17) is 18.8 Å². The number of benzene rings is 1. The zero-order chi connectivity index (χ0) is 20.3. The SMILES string of the molecule is COCCOC(=O)C1=C(C)N=C(C)C(C(=O)OC)C1c1cccc2nonc12. The predicted molar refractivity (Wildman–Crippen MR) is 98.7 cm³/mol. The van der Waals surface area contributed by atoms with Crippen LogP contribution >= 0.6 is 0 Å². The summed E-state index contributed by atoms with van der Waals surface area (Å²) in [7, 11) is 2.81. The molecule has 9 heteroatoms. The van der Waals surface area contributed by atoms with Gasteiger partial charge >= 0.3 is 11.9 Å². The molecular weight excluding hydrogens is 366 g/mol. The summed E-state index contributed by atoms with van der Waals surface area (Å²) in [5, 5.41) is 7.81. The fourth-order valence-corrected chi connectivity index (χ4v) is 3.44. The molecule has 0 spiro atoms. The van der Waals surface area contributed by atoms with Crippen molar-refractivity contribution in [2.45, 2.75) is 19.8 Å². The molecular formula is C19H21N3O6. The molecule has 3 rings (SSSR count). The lowest BCUT2D eigenvalue weighted by atomic mass is 9.75. The molecule has 0 fully saturated rings. The van der Waals surface area contributed by atoms with Gasteiger partial charge in [-0.05, 0) is 35.8 Å². The number of hydrogen-bond donors (Lipinski definition) is 0. The lowest BCUT2D eigenvalue weighted by Gasteiger charge is -2.31. The van der Waals surface area contributed by atoms with Crippen molar-refractivity contribution in [3.8, 4) is 0 Å². The third kappa shape index (κ3) is 3.53. The number of hydrogen-bond acceptors (Lipinski definition) is 9. The highest BCUT2D eigenvalue weighted by atomic mass is 16.6. The van der Waals surface area contributed by atoms with Gasteiger partial charge in [0.15, 0.2) is 0 Å². The van der Waals surface area contributed by atoms with Crippen LogP contribution in [0.15, 0.2) is 39.1 Å². The van der Waals surface area contributed by atoms with Gasteiger partial charge in [-0.15, -0.1) is 0 Å². The second-order valence-electron chi connectivity index (χ2n) is 6.34. The summed E-state index contributed by atoms with van der Waals surface area (Å²) >= 11 is 0. The predicted octanol–water partition coefficient (Wildman–Crippen LogP) is 2.03. The zero-order valence-electron chi connectivity index (χ0n) is 16.1. The molecule has 0 N–H and O–H groups in total. The van der Waals surface area contributed by atoms with Crippen molar-refractivity contribution in [2.75, 3.05) is 27.4 Å². The van der Waals surface area contributed by atoms with Gasteiger partial charge in [0, 0.05) is 24.4 Å². The van der Waals surface area contributed by atoms with Crippen molar-refractivity contribution in [3.63, 3.8) is 0 Å². The Hall–Kier alpha value is -3.07. The van der Waals surface area contributed by atoms with Gasteiger partial charge in [-0.3, -0.25) is 9.79 Å². The van der Waals surface area contributed by atoms with Gasteiger partial charge in [-0.1, -0.05) is 12.1 Å². The molecule has 28 heavy (non-hydrogen) atoms. The summed E-state index contributed by atoms with van der Waals surface area (Å²) in [4.78, 5) is 29.9. The maximum atomic E-state index is 12.9. The first kappa shape index (κ1) is 19.7. The minimum Gasteiger partial charge on any atom is -0.468 e. The first-order valence-corrected chi connectivity index (χ1v) is 8.70. The highest BCUT2D eigenvalue weighted by Crippen LogP contribution is 2.41. The van der Waals surface area contributed by atoms with Crippen LogP contribution in [-0.2, 0) is 23.8 Å². The van der Waals surface area contributed by atoms with Crippen LogP contribution in [0.2, 0.25) is 0 Å². The average Bonchev–Trinajstić information content (AvgIpc) is 3.15. The first-order valence-electron chi connectivity index (χ1n) is 8.70.